The number of nitrogens with zero attached hydrogens (tertiary/aromatic N) is 3. The van der Waals surface area contributed by atoms with Crippen LogP contribution in [-0.2, 0) is 19.3 Å². The van der Waals surface area contributed by atoms with E-state index in [-0.39, 0.29) is 0 Å². The summed E-state index contributed by atoms with van der Waals surface area (Å²) >= 11 is 3.80. The third-order valence-corrected chi connectivity index (χ3v) is 13.8. The van der Waals surface area contributed by atoms with Crippen LogP contribution in [0.3, 0.4) is 0 Å². The molecule has 3 nitrogen and oxygen atoms in total. The van der Waals surface area contributed by atoms with Gasteiger partial charge in [0.15, 0.2) is 0 Å². The quantitative estimate of drug-likeness (QED) is 0.179. The number of fused-ring (bicyclic) bond motifs is 8. The zero-order valence-electron chi connectivity index (χ0n) is 29.3. The van der Waals surface area contributed by atoms with E-state index in [9.17, 15) is 0 Å². The van der Waals surface area contributed by atoms with Crippen molar-refractivity contribution in [3.63, 3.8) is 0 Å². The summed E-state index contributed by atoms with van der Waals surface area (Å²) in [6.07, 6.45) is 4.97. The van der Waals surface area contributed by atoms with E-state index in [0.29, 0.717) is 0 Å². The molecule has 0 unspecified atom stereocenters. The molecule has 0 atom stereocenters. The summed E-state index contributed by atoms with van der Waals surface area (Å²) in [5.74, 6) is 0. The molecule has 250 valence electrons. The second-order valence-electron chi connectivity index (χ2n) is 14.5. The minimum Gasteiger partial charge on any atom is -0.309 e. The van der Waals surface area contributed by atoms with Crippen LogP contribution in [0.15, 0.2) is 122 Å². The van der Waals surface area contributed by atoms with Crippen molar-refractivity contribution in [2.24, 2.45) is 0 Å². The lowest BCUT2D eigenvalue weighted by atomic mass is 9.84. The molecule has 0 bridgehead atoms. The van der Waals surface area contributed by atoms with Gasteiger partial charge in [0.2, 0.25) is 0 Å². The standard InChI is InChI=1S/C47H35N3S2/c1-4-38-24-44-45(51-38)25-43(52-44)31-13-16-42-41(23-31)48-26-49(42)36-14-11-29-17-33-20-35-22-37(15-12-30(35)18-32(33)19-34(29)21-36)50-46-27(2)7-5-9-39(46)40-10-6-8-28(3)47(40)50/h5-17,19,21-26H,4,18,20H2,1-3H3. The molecule has 0 radical (unpaired) electrons. The van der Waals surface area contributed by atoms with E-state index in [2.05, 4.69) is 145 Å². The highest BCUT2D eigenvalue weighted by atomic mass is 32.1. The highest BCUT2D eigenvalue weighted by Crippen LogP contribution is 2.40. The molecular weight excluding hydrogens is 671 g/mol. The molecule has 0 fully saturated rings. The van der Waals surface area contributed by atoms with Gasteiger partial charge < -0.3 is 4.57 Å². The highest BCUT2D eigenvalue weighted by molar-refractivity contribution is 7.29. The molecule has 0 aliphatic heterocycles. The molecule has 4 heterocycles. The van der Waals surface area contributed by atoms with Crippen LogP contribution >= 0.6 is 22.7 Å². The van der Waals surface area contributed by atoms with Gasteiger partial charge in [0, 0.05) is 41.3 Å². The predicted octanol–water partition coefficient (Wildman–Crippen LogP) is 12.9. The van der Waals surface area contributed by atoms with Crippen LogP contribution in [0.5, 0.6) is 0 Å². The lowest BCUT2D eigenvalue weighted by Crippen LogP contribution is -2.09. The summed E-state index contributed by atoms with van der Waals surface area (Å²) in [7, 11) is 0. The molecule has 5 heteroatoms. The molecule has 0 saturated heterocycles. The Kier molecular flexibility index (Phi) is 6.53. The first-order valence-electron chi connectivity index (χ1n) is 18.2. The van der Waals surface area contributed by atoms with Crippen molar-refractivity contribution in [2.75, 3.05) is 0 Å². The fourth-order valence-electron chi connectivity index (χ4n) is 8.65. The number of rotatable bonds is 4. The van der Waals surface area contributed by atoms with Gasteiger partial charge in [-0.1, -0.05) is 73.7 Å². The van der Waals surface area contributed by atoms with Crippen LogP contribution in [0.4, 0.5) is 0 Å². The van der Waals surface area contributed by atoms with E-state index in [0.717, 1.165) is 36.0 Å². The molecule has 0 spiro atoms. The Bertz CT molecular complexity index is 3000. The molecule has 52 heavy (non-hydrogen) atoms. The minimum atomic E-state index is 0.946. The van der Waals surface area contributed by atoms with Crippen molar-refractivity contribution in [3.05, 3.63) is 160 Å². The lowest BCUT2D eigenvalue weighted by Gasteiger charge is -2.22. The van der Waals surface area contributed by atoms with Gasteiger partial charge in [-0.3, -0.25) is 4.57 Å². The van der Waals surface area contributed by atoms with Gasteiger partial charge in [-0.15, -0.1) is 22.7 Å². The first-order valence-corrected chi connectivity index (χ1v) is 19.8. The Morgan fingerprint density at radius 2 is 1.33 bits per heavy atom. The van der Waals surface area contributed by atoms with Gasteiger partial charge in [0.25, 0.3) is 0 Å². The molecule has 0 N–H and O–H groups in total. The van der Waals surface area contributed by atoms with Crippen molar-refractivity contribution in [1.29, 1.82) is 0 Å². The molecule has 0 saturated carbocycles. The van der Waals surface area contributed by atoms with Gasteiger partial charge in [-0.25, -0.2) is 4.98 Å². The van der Waals surface area contributed by atoms with E-state index in [4.69, 9.17) is 4.98 Å². The summed E-state index contributed by atoms with van der Waals surface area (Å²) in [6.45, 7) is 6.70. The molecule has 0 amide bonds. The summed E-state index contributed by atoms with van der Waals surface area (Å²) < 4.78 is 7.50. The SMILES string of the molecule is CCc1cc2sc(-c3ccc4c(c3)ncn4-c3ccc4cc5c(cc4c3)Cc3ccc(-n4c6c(C)cccc6c6cccc(C)c64)cc3C5)cc2s1. The van der Waals surface area contributed by atoms with Gasteiger partial charge in [0.1, 0.15) is 6.33 Å². The van der Waals surface area contributed by atoms with Crippen molar-refractivity contribution in [3.8, 4) is 21.8 Å². The van der Waals surface area contributed by atoms with Crippen LogP contribution in [-0.4, -0.2) is 14.1 Å². The Labute approximate surface area is 310 Å². The second-order valence-corrected chi connectivity index (χ2v) is 16.7. The number of aryl methyl sites for hydroxylation is 3. The summed E-state index contributed by atoms with van der Waals surface area (Å²) in [4.78, 5) is 7.63. The van der Waals surface area contributed by atoms with Gasteiger partial charge in [-0.2, -0.15) is 0 Å². The monoisotopic (exact) mass is 705 g/mol. The minimum absolute atomic E-state index is 0.946. The zero-order valence-corrected chi connectivity index (χ0v) is 31.0. The third-order valence-electron chi connectivity index (χ3n) is 11.3. The summed E-state index contributed by atoms with van der Waals surface area (Å²) in [6, 6.07) is 43.6. The fraction of sp³-hybridized carbons (Fsp3) is 0.128. The van der Waals surface area contributed by atoms with E-state index in [1.807, 2.05) is 29.0 Å². The van der Waals surface area contributed by atoms with E-state index in [1.165, 1.54) is 96.4 Å². The molecule has 1 aliphatic carbocycles. The predicted molar refractivity (Wildman–Crippen MR) is 223 cm³/mol. The van der Waals surface area contributed by atoms with Crippen LogP contribution in [0.1, 0.15) is 45.2 Å². The smallest absolute Gasteiger partial charge is 0.100 e. The van der Waals surface area contributed by atoms with Crippen molar-refractivity contribution < 1.29 is 0 Å². The number of aromatic nitrogens is 3. The molecule has 11 rings (SSSR count). The number of hydrogen-bond acceptors (Lipinski definition) is 3. The van der Waals surface area contributed by atoms with E-state index < -0.39 is 0 Å². The third kappa shape index (κ3) is 4.52. The molecule has 10 aromatic rings. The number of benzene rings is 6. The van der Waals surface area contributed by atoms with Crippen LogP contribution < -0.4 is 0 Å². The van der Waals surface area contributed by atoms with Crippen molar-refractivity contribution in [2.45, 2.75) is 40.0 Å². The Morgan fingerprint density at radius 3 is 2.10 bits per heavy atom. The van der Waals surface area contributed by atoms with E-state index >= 15 is 0 Å². The largest absolute Gasteiger partial charge is 0.309 e. The topological polar surface area (TPSA) is 22.8 Å². The molecular formula is C47H35N3S2. The first kappa shape index (κ1) is 30.2. The average molecular weight is 706 g/mol. The Hall–Kier alpha value is -5.49. The molecule has 1 aliphatic rings. The van der Waals surface area contributed by atoms with Gasteiger partial charge >= 0.3 is 0 Å². The maximum Gasteiger partial charge on any atom is 0.100 e. The van der Waals surface area contributed by atoms with Gasteiger partial charge in [-0.05, 0) is 131 Å². The normalized spacial score (nSPS) is 12.8. The van der Waals surface area contributed by atoms with Crippen molar-refractivity contribution in [1.82, 2.24) is 14.1 Å². The Morgan fingerprint density at radius 1 is 0.615 bits per heavy atom. The van der Waals surface area contributed by atoms with E-state index in [1.54, 1.807) is 0 Å². The van der Waals surface area contributed by atoms with Crippen LogP contribution in [0.2, 0.25) is 0 Å². The first-order chi connectivity index (χ1) is 25.5. The molecule has 4 aromatic heterocycles. The zero-order chi connectivity index (χ0) is 34.7. The van der Waals surface area contributed by atoms with Crippen LogP contribution in [0.25, 0.3) is 74.8 Å². The highest BCUT2D eigenvalue weighted by Gasteiger charge is 2.20. The summed E-state index contributed by atoms with van der Waals surface area (Å²) in [5, 5.41) is 5.21. The average Bonchev–Trinajstić information content (AvgIpc) is 3.94. The Balaban J connectivity index is 0.931. The van der Waals surface area contributed by atoms with Crippen molar-refractivity contribution >= 4 is 75.7 Å². The number of imidazole rings is 1. The fourth-order valence-corrected chi connectivity index (χ4v) is 11.0. The number of hydrogen-bond donors (Lipinski definition) is 0. The van der Waals surface area contributed by atoms with Crippen LogP contribution in [0, 0.1) is 13.8 Å². The van der Waals surface area contributed by atoms with Gasteiger partial charge in [0.05, 0.1) is 22.1 Å². The second kappa shape index (κ2) is 11.3. The molecule has 6 aromatic carbocycles. The number of para-hydroxylation sites is 2. The maximum atomic E-state index is 4.86. The maximum absolute atomic E-state index is 4.86. The summed E-state index contributed by atoms with van der Waals surface area (Å²) in [5.41, 5.74) is 16.7. The number of thiophene rings is 2. The lowest BCUT2D eigenvalue weighted by molar-refractivity contribution is 0.996.